The lowest BCUT2D eigenvalue weighted by Gasteiger charge is -2.45. The summed E-state index contributed by atoms with van der Waals surface area (Å²) in [7, 11) is 2.12. The Morgan fingerprint density at radius 3 is 3.12 bits per heavy atom. The first kappa shape index (κ1) is 16.2. The fourth-order valence-corrected chi connectivity index (χ4v) is 3.24. The van der Waals surface area contributed by atoms with Crippen LogP contribution in [-0.2, 0) is 9.53 Å². The van der Waals surface area contributed by atoms with E-state index in [9.17, 15) is 4.79 Å². The number of likely N-dealkylation sites (N-methyl/N-ethyl adjacent to an activating group) is 1. The first-order valence-corrected chi connectivity index (χ1v) is 8.68. The van der Waals surface area contributed by atoms with Crippen LogP contribution in [0, 0.1) is 0 Å². The van der Waals surface area contributed by atoms with E-state index in [-0.39, 0.29) is 12.5 Å². The van der Waals surface area contributed by atoms with Gasteiger partial charge in [0.1, 0.15) is 18.8 Å². The number of amides is 1. The van der Waals surface area contributed by atoms with E-state index in [1.165, 1.54) is 0 Å². The smallest absolute Gasteiger partial charge is 0.248 e. The molecule has 25 heavy (non-hydrogen) atoms. The zero-order valence-electron chi connectivity index (χ0n) is 14.4. The minimum Gasteiger partial charge on any atom is -0.372 e. The summed E-state index contributed by atoms with van der Waals surface area (Å²) in [5.41, 5.74) is 0.754. The summed E-state index contributed by atoms with van der Waals surface area (Å²) in [6, 6.07) is 4.40. The van der Waals surface area contributed by atoms with Gasteiger partial charge in [0.2, 0.25) is 5.91 Å². The Morgan fingerprint density at radius 1 is 1.36 bits per heavy atom. The predicted molar refractivity (Wildman–Crippen MR) is 91.4 cm³/mol. The quantitative estimate of drug-likeness (QED) is 0.722. The van der Waals surface area contributed by atoms with Gasteiger partial charge in [-0.3, -0.25) is 9.69 Å². The molecule has 0 bridgehead atoms. The number of fused-ring (bicyclic) bond motifs is 1. The first-order chi connectivity index (χ1) is 12.2. The van der Waals surface area contributed by atoms with Gasteiger partial charge in [0.15, 0.2) is 5.65 Å². The third-order valence-electron chi connectivity index (χ3n) is 4.97. The SMILES string of the molecule is CN(CCN1CCCOCC1=O)C1CN(c2ccc3nncn3n2)C1. The Kier molecular flexibility index (Phi) is 4.50. The number of hydrogen-bond acceptors (Lipinski definition) is 7. The topological polar surface area (TPSA) is 79.1 Å². The maximum Gasteiger partial charge on any atom is 0.248 e. The molecule has 0 unspecified atom stereocenters. The van der Waals surface area contributed by atoms with Crippen LogP contribution in [0.25, 0.3) is 5.65 Å². The van der Waals surface area contributed by atoms with E-state index in [1.54, 1.807) is 10.8 Å². The third-order valence-corrected chi connectivity index (χ3v) is 4.97. The largest absolute Gasteiger partial charge is 0.372 e. The Balaban J connectivity index is 1.27. The fraction of sp³-hybridized carbons (Fsp3) is 0.625. The molecule has 0 aromatic carbocycles. The molecule has 2 aliphatic heterocycles. The lowest BCUT2D eigenvalue weighted by atomic mass is 10.1. The summed E-state index contributed by atoms with van der Waals surface area (Å²) < 4.78 is 6.98. The Labute approximate surface area is 146 Å². The van der Waals surface area contributed by atoms with Crippen molar-refractivity contribution in [2.75, 3.05) is 57.9 Å². The normalized spacial score (nSPS) is 19.5. The van der Waals surface area contributed by atoms with Gasteiger partial charge in [-0.15, -0.1) is 15.3 Å². The summed E-state index contributed by atoms with van der Waals surface area (Å²) in [5, 5.41) is 12.3. The average molecular weight is 345 g/mol. The second-order valence-corrected chi connectivity index (χ2v) is 6.65. The van der Waals surface area contributed by atoms with Crippen molar-refractivity contribution < 1.29 is 9.53 Å². The molecule has 0 spiro atoms. The molecule has 2 saturated heterocycles. The predicted octanol–water partition coefficient (Wildman–Crippen LogP) is -0.506. The molecule has 0 N–H and O–H groups in total. The Bertz CT molecular complexity index is 743. The van der Waals surface area contributed by atoms with Gasteiger partial charge in [-0.2, -0.15) is 4.52 Å². The monoisotopic (exact) mass is 345 g/mol. The molecule has 4 rings (SSSR count). The highest BCUT2D eigenvalue weighted by Gasteiger charge is 2.31. The molecule has 0 saturated carbocycles. The molecule has 4 heterocycles. The van der Waals surface area contributed by atoms with Crippen LogP contribution in [0.3, 0.4) is 0 Å². The van der Waals surface area contributed by atoms with Crippen molar-refractivity contribution in [2.45, 2.75) is 12.5 Å². The first-order valence-electron chi connectivity index (χ1n) is 8.68. The van der Waals surface area contributed by atoms with E-state index >= 15 is 0 Å². The van der Waals surface area contributed by atoms with Crippen LogP contribution in [-0.4, -0.2) is 94.5 Å². The molecule has 1 amide bonds. The van der Waals surface area contributed by atoms with Crippen molar-refractivity contribution in [3.63, 3.8) is 0 Å². The minimum absolute atomic E-state index is 0.104. The van der Waals surface area contributed by atoms with Crippen molar-refractivity contribution in [2.24, 2.45) is 0 Å². The molecule has 134 valence electrons. The Morgan fingerprint density at radius 2 is 2.24 bits per heavy atom. The summed E-state index contributed by atoms with van der Waals surface area (Å²) in [5.74, 6) is 1.05. The molecule has 0 aliphatic carbocycles. The average Bonchev–Trinajstić information content (AvgIpc) is 2.93. The van der Waals surface area contributed by atoms with Crippen molar-refractivity contribution in [1.82, 2.24) is 29.6 Å². The van der Waals surface area contributed by atoms with Crippen LogP contribution in [0.2, 0.25) is 0 Å². The number of carbonyl (C=O) groups is 1. The van der Waals surface area contributed by atoms with Gasteiger partial charge in [0, 0.05) is 45.4 Å². The lowest BCUT2D eigenvalue weighted by molar-refractivity contribution is -0.134. The van der Waals surface area contributed by atoms with Crippen LogP contribution >= 0.6 is 0 Å². The van der Waals surface area contributed by atoms with Crippen LogP contribution in [0.1, 0.15) is 6.42 Å². The molecular weight excluding hydrogens is 322 g/mol. The van der Waals surface area contributed by atoms with Gasteiger partial charge in [0.05, 0.1) is 0 Å². The van der Waals surface area contributed by atoms with Crippen LogP contribution in [0.5, 0.6) is 0 Å². The summed E-state index contributed by atoms with van der Waals surface area (Å²) in [4.78, 5) is 18.4. The molecule has 9 nitrogen and oxygen atoms in total. The molecule has 0 atom stereocenters. The van der Waals surface area contributed by atoms with Gasteiger partial charge in [-0.05, 0) is 25.6 Å². The zero-order chi connectivity index (χ0) is 17.2. The molecule has 2 aliphatic rings. The number of aromatic nitrogens is 4. The standard InChI is InChI=1S/C16H23N7O2/c1-20(6-7-21-5-2-8-25-11-16(21)24)13-9-22(10-13)15-4-3-14-18-17-12-23(14)19-15/h3-4,12-13H,2,5-11H2,1H3. The second kappa shape index (κ2) is 6.93. The van der Waals surface area contributed by atoms with Crippen LogP contribution in [0.4, 0.5) is 5.82 Å². The van der Waals surface area contributed by atoms with E-state index < -0.39 is 0 Å². The maximum absolute atomic E-state index is 12.0. The summed E-state index contributed by atoms with van der Waals surface area (Å²) in [6.07, 6.45) is 2.54. The van der Waals surface area contributed by atoms with Crippen LogP contribution < -0.4 is 4.90 Å². The number of anilines is 1. The van der Waals surface area contributed by atoms with Gasteiger partial charge in [-0.1, -0.05) is 0 Å². The summed E-state index contributed by atoms with van der Waals surface area (Å²) in [6.45, 7) is 5.22. The zero-order valence-corrected chi connectivity index (χ0v) is 14.4. The van der Waals surface area contributed by atoms with Gasteiger partial charge < -0.3 is 14.5 Å². The van der Waals surface area contributed by atoms with Gasteiger partial charge in [-0.25, -0.2) is 0 Å². The number of nitrogens with zero attached hydrogens (tertiary/aromatic N) is 7. The molecule has 9 heteroatoms. The van der Waals surface area contributed by atoms with Crippen molar-refractivity contribution >= 4 is 17.4 Å². The minimum atomic E-state index is 0.104. The number of ether oxygens (including phenoxy) is 1. The van der Waals surface area contributed by atoms with Gasteiger partial charge >= 0.3 is 0 Å². The second-order valence-electron chi connectivity index (χ2n) is 6.65. The van der Waals surface area contributed by atoms with E-state index in [4.69, 9.17) is 4.74 Å². The van der Waals surface area contributed by atoms with Crippen molar-refractivity contribution in [1.29, 1.82) is 0 Å². The molecule has 2 fully saturated rings. The number of carbonyl (C=O) groups excluding carboxylic acids is 1. The summed E-state index contributed by atoms with van der Waals surface area (Å²) >= 11 is 0. The van der Waals surface area contributed by atoms with E-state index in [2.05, 4.69) is 32.1 Å². The Hall–Kier alpha value is -2.26. The fourth-order valence-electron chi connectivity index (χ4n) is 3.24. The van der Waals surface area contributed by atoms with E-state index in [0.717, 1.165) is 50.6 Å². The highest BCUT2D eigenvalue weighted by molar-refractivity contribution is 5.77. The van der Waals surface area contributed by atoms with Crippen molar-refractivity contribution in [3.05, 3.63) is 18.5 Å². The van der Waals surface area contributed by atoms with Gasteiger partial charge in [0.25, 0.3) is 0 Å². The number of rotatable bonds is 5. The molecule has 2 aromatic heterocycles. The third kappa shape index (κ3) is 3.42. The lowest BCUT2D eigenvalue weighted by Crippen LogP contribution is -2.59. The maximum atomic E-state index is 12.0. The number of hydrogen-bond donors (Lipinski definition) is 0. The highest BCUT2D eigenvalue weighted by atomic mass is 16.5. The van der Waals surface area contributed by atoms with E-state index in [1.807, 2.05) is 17.0 Å². The van der Waals surface area contributed by atoms with Crippen molar-refractivity contribution in [3.8, 4) is 0 Å². The molecule has 2 aromatic rings. The highest BCUT2D eigenvalue weighted by Crippen LogP contribution is 2.21. The van der Waals surface area contributed by atoms with E-state index in [0.29, 0.717) is 12.6 Å². The van der Waals surface area contributed by atoms with Crippen LogP contribution in [0.15, 0.2) is 18.5 Å². The molecular formula is C16H23N7O2. The molecule has 0 radical (unpaired) electrons.